The molecule has 5 heteroatoms. The maximum Gasteiger partial charge on any atom is 0.237 e. The molecular formula is C13H12ClFN2O. The SMILES string of the molecule is COc1ncccc1NCc1ccc(Cl)c(F)c1. The Morgan fingerprint density at radius 3 is 2.94 bits per heavy atom. The van der Waals surface area contributed by atoms with Crippen LogP contribution in [0, 0.1) is 5.82 Å². The molecule has 0 spiro atoms. The lowest BCUT2D eigenvalue weighted by atomic mass is 10.2. The summed E-state index contributed by atoms with van der Waals surface area (Å²) in [5, 5.41) is 3.25. The molecule has 1 aromatic heterocycles. The summed E-state index contributed by atoms with van der Waals surface area (Å²) in [4.78, 5) is 4.06. The van der Waals surface area contributed by atoms with Gasteiger partial charge in [0.05, 0.1) is 17.8 Å². The third-order valence-corrected chi connectivity index (χ3v) is 2.74. The second-order valence-electron chi connectivity index (χ2n) is 3.66. The largest absolute Gasteiger partial charge is 0.480 e. The molecule has 94 valence electrons. The lowest BCUT2D eigenvalue weighted by molar-refractivity contribution is 0.399. The number of hydrogen-bond donors (Lipinski definition) is 1. The highest BCUT2D eigenvalue weighted by Crippen LogP contribution is 2.21. The number of methoxy groups -OCH3 is 1. The van der Waals surface area contributed by atoms with Gasteiger partial charge in [-0.2, -0.15) is 0 Å². The molecule has 0 radical (unpaired) electrons. The lowest BCUT2D eigenvalue weighted by Gasteiger charge is -2.10. The summed E-state index contributed by atoms with van der Waals surface area (Å²) in [5.74, 6) is 0.0843. The summed E-state index contributed by atoms with van der Waals surface area (Å²) in [6.45, 7) is 0.468. The van der Waals surface area contributed by atoms with Gasteiger partial charge in [-0.05, 0) is 29.8 Å². The Kier molecular flexibility index (Phi) is 3.99. The number of pyridine rings is 1. The highest BCUT2D eigenvalue weighted by molar-refractivity contribution is 6.30. The van der Waals surface area contributed by atoms with Crippen molar-refractivity contribution in [3.8, 4) is 5.88 Å². The second-order valence-corrected chi connectivity index (χ2v) is 4.07. The van der Waals surface area contributed by atoms with Crippen molar-refractivity contribution in [2.75, 3.05) is 12.4 Å². The maximum absolute atomic E-state index is 13.3. The number of ether oxygens (including phenoxy) is 1. The molecular weight excluding hydrogens is 255 g/mol. The van der Waals surface area contributed by atoms with E-state index in [2.05, 4.69) is 10.3 Å². The Balaban J connectivity index is 2.09. The predicted octanol–water partition coefficient (Wildman–Crippen LogP) is 3.49. The van der Waals surface area contributed by atoms with E-state index >= 15 is 0 Å². The Bertz CT molecular complexity index is 548. The fraction of sp³-hybridized carbons (Fsp3) is 0.154. The molecule has 0 aliphatic heterocycles. The Morgan fingerprint density at radius 1 is 1.39 bits per heavy atom. The van der Waals surface area contributed by atoms with E-state index < -0.39 is 5.82 Å². The third-order valence-electron chi connectivity index (χ3n) is 2.43. The molecule has 1 heterocycles. The Morgan fingerprint density at radius 2 is 2.22 bits per heavy atom. The first-order chi connectivity index (χ1) is 8.70. The van der Waals surface area contributed by atoms with Gasteiger partial charge in [-0.15, -0.1) is 0 Å². The minimum absolute atomic E-state index is 0.123. The molecule has 3 nitrogen and oxygen atoms in total. The number of anilines is 1. The minimum Gasteiger partial charge on any atom is -0.480 e. The van der Waals surface area contributed by atoms with Crippen molar-refractivity contribution >= 4 is 17.3 Å². The van der Waals surface area contributed by atoms with Gasteiger partial charge < -0.3 is 10.1 Å². The van der Waals surface area contributed by atoms with E-state index in [9.17, 15) is 4.39 Å². The van der Waals surface area contributed by atoms with Crippen molar-refractivity contribution in [1.82, 2.24) is 4.98 Å². The average Bonchev–Trinajstić information content (AvgIpc) is 2.40. The van der Waals surface area contributed by atoms with Gasteiger partial charge in [-0.3, -0.25) is 0 Å². The molecule has 0 fully saturated rings. The van der Waals surface area contributed by atoms with Crippen molar-refractivity contribution in [3.05, 3.63) is 52.9 Å². The number of nitrogens with zero attached hydrogens (tertiary/aromatic N) is 1. The van der Waals surface area contributed by atoms with Crippen molar-refractivity contribution in [2.45, 2.75) is 6.54 Å². The zero-order valence-corrected chi connectivity index (χ0v) is 10.5. The maximum atomic E-state index is 13.3. The highest BCUT2D eigenvalue weighted by Gasteiger charge is 2.04. The first-order valence-corrected chi connectivity index (χ1v) is 5.75. The molecule has 2 aromatic rings. The van der Waals surface area contributed by atoms with Crippen molar-refractivity contribution < 1.29 is 9.13 Å². The molecule has 0 saturated heterocycles. The predicted molar refractivity (Wildman–Crippen MR) is 69.5 cm³/mol. The molecule has 0 bridgehead atoms. The molecule has 18 heavy (non-hydrogen) atoms. The van der Waals surface area contributed by atoms with Crippen LogP contribution in [0.4, 0.5) is 10.1 Å². The van der Waals surface area contributed by atoms with Gasteiger partial charge >= 0.3 is 0 Å². The minimum atomic E-state index is -0.422. The number of rotatable bonds is 4. The number of aromatic nitrogens is 1. The van der Waals surface area contributed by atoms with E-state index in [1.807, 2.05) is 6.07 Å². The fourth-order valence-electron chi connectivity index (χ4n) is 1.53. The third kappa shape index (κ3) is 2.90. The van der Waals surface area contributed by atoms with E-state index in [1.54, 1.807) is 25.4 Å². The van der Waals surface area contributed by atoms with Crippen molar-refractivity contribution in [2.24, 2.45) is 0 Å². The van der Waals surface area contributed by atoms with E-state index in [-0.39, 0.29) is 5.02 Å². The van der Waals surface area contributed by atoms with Crippen LogP contribution in [0.15, 0.2) is 36.5 Å². The molecule has 0 saturated carbocycles. The zero-order valence-electron chi connectivity index (χ0n) is 9.78. The first-order valence-electron chi connectivity index (χ1n) is 5.37. The van der Waals surface area contributed by atoms with Gasteiger partial charge in [-0.1, -0.05) is 17.7 Å². The van der Waals surface area contributed by atoms with Crippen LogP contribution in [0.3, 0.4) is 0 Å². The molecule has 2 rings (SSSR count). The van der Waals surface area contributed by atoms with Gasteiger partial charge in [0.1, 0.15) is 5.82 Å². The molecule has 0 aliphatic rings. The summed E-state index contributed by atoms with van der Waals surface area (Å²) in [7, 11) is 1.55. The standard InChI is InChI=1S/C13H12ClFN2O/c1-18-13-12(3-2-6-16-13)17-8-9-4-5-10(14)11(15)7-9/h2-7,17H,8H2,1H3. The van der Waals surface area contributed by atoms with Gasteiger partial charge in [0.25, 0.3) is 0 Å². The van der Waals surface area contributed by atoms with Gasteiger partial charge in [-0.25, -0.2) is 9.37 Å². The van der Waals surface area contributed by atoms with Crippen LogP contribution in [0.2, 0.25) is 5.02 Å². The van der Waals surface area contributed by atoms with Crippen LogP contribution in [0.5, 0.6) is 5.88 Å². The Labute approximate surface area is 110 Å². The second kappa shape index (κ2) is 5.69. The summed E-state index contributed by atoms with van der Waals surface area (Å²) in [5.41, 5.74) is 1.55. The lowest BCUT2D eigenvalue weighted by Crippen LogP contribution is -2.02. The fourth-order valence-corrected chi connectivity index (χ4v) is 1.65. The summed E-state index contributed by atoms with van der Waals surface area (Å²) in [6.07, 6.45) is 1.64. The topological polar surface area (TPSA) is 34.1 Å². The molecule has 0 aliphatic carbocycles. The number of halogens is 2. The van der Waals surface area contributed by atoms with Gasteiger partial charge in [0.2, 0.25) is 5.88 Å². The summed E-state index contributed by atoms with van der Waals surface area (Å²) in [6, 6.07) is 8.35. The summed E-state index contributed by atoms with van der Waals surface area (Å²) >= 11 is 5.62. The van der Waals surface area contributed by atoms with E-state index in [0.29, 0.717) is 12.4 Å². The number of nitrogens with one attached hydrogen (secondary N) is 1. The quantitative estimate of drug-likeness (QED) is 0.920. The van der Waals surface area contributed by atoms with Crippen LogP contribution in [-0.4, -0.2) is 12.1 Å². The van der Waals surface area contributed by atoms with Crippen molar-refractivity contribution in [1.29, 1.82) is 0 Å². The van der Waals surface area contributed by atoms with E-state index in [1.165, 1.54) is 12.1 Å². The molecule has 0 unspecified atom stereocenters. The molecule has 0 amide bonds. The van der Waals surface area contributed by atoms with E-state index in [0.717, 1.165) is 11.3 Å². The number of benzene rings is 1. The molecule has 0 atom stereocenters. The zero-order chi connectivity index (χ0) is 13.0. The summed E-state index contributed by atoms with van der Waals surface area (Å²) < 4.78 is 18.4. The van der Waals surface area contributed by atoms with Gasteiger partial charge in [0, 0.05) is 12.7 Å². The smallest absolute Gasteiger partial charge is 0.237 e. The van der Waals surface area contributed by atoms with Crippen LogP contribution in [0.1, 0.15) is 5.56 Å². The van der Waals surface area contributed by atoms with Crippen LogP contribution >= 0.6 is 11.6 Å². The number of hydrogen-bond acceptors (Lipinski definition) is 3. The normalized spacial score (nSPS) is 10.2. The highest BCUT2D eigenvalue weighted by atomic mass is 35.5. The van der Waals surface area contributed by atoms with Gasteiger partial charge in [0.15, 0.2) is 0 Å². The Hall–Kier alpha value is -1.81. The average molecular weight is 267 g/mol. The molecule has 1 N–H and O–H groups in total. The van der Waals surface area contributed by atoms with Crippen molar-refractivity contribution in [3.63, 3.8) is 0 Å². The monoisotopic (exact) mass is 266 g/mol. The van der Waals surface area contributed by atoms with Crippen LogP contribution < -0.4 is 10.1 Å². The van der Waals surface area contributed by atoms with E-state index in [4.69, 9.17) is 16.3 Å². The van der Waals surface area contributed by atoms with Crippen LogP contribution in [-0.2, 0) is 6.54 Å². The van der Waals surface area contributed by atoms with Crippen LogP contribution in [0.25, 0.3) is 0 Å². The first kappa shape index (κ1) is 12.6. The molecule has 1 aromatic carbocycles.